The van der Waals surface area contributed by atoms with E-state index < -0.39 is 32.9 Å². The Hall–Kier alpha value is 0.138. The minimum atomic E-state index is -1.66. The molecule has 0 spiro atoms. The number of carbonyl (C=O) groups is 1. The van der Waals surface area contributed by atoms with Crippen molar-refractivity contribution in [2.75, 3.05) is 0 Å². The number of urea groups is 1. The number of hydrogen-bond donors (Lipinski definition) is 0. The topological polar surface area (TPSA) is 23.6 Å². The molecule has 0 radical (unpaired) electrons. The van der Waals surface area contributed by atoms with Gasteiger partial charge in [-0.05, 0) is 0 Å². The fraction of sp³-hybridized carbons (Fsp3) is 0.923. The minimum absolute atomic E-state index is 0.349. The molecule has 0 aliphatic carbocycles. The Morgan fingerprint density at radius 2 is 0.650 bits per heavy atom. The van der Waals surface area contributed by atoms with Gasteiger partial charge in [-0.3, -0.25) is 4.79 Å². The molecule has 0 saturated heterocycles. The van der Waals surface area contributed by atoms with E-state index in [0.717, 1.165) is 0 Å². The maximum absolute atomic E-state index is 13.4. The fourth-order valence-corrected chi connectivity index (χ4v) is 22.5. The predicted molar refractivity (Wildman–Crippen MR) is 102 cm³/mol. The van der Waals surface area contributed by atoms with Crippen molar-refractivity contribution in [2.24, 2.45) is 0 Å². The Kier molecular flexibility index (Phi) is 5.77. The number of nitrogens with zero attached hydrogens (tertiary/aromatic N) is 2. The summed E-state index contributed by atoms with van der Waals surface area (Å²) in [6.45, 7) is 27.6. The second kappa shape index (κ2) is 5.73. The molecule has 0 saturated carbocycles. The van der Waals surface area contributed by atoms with Crippen molar-refractivity contribution in [2.45, 2.75) is 78.6 Å². The van der Waals surface area contributed by atoms with Crippen molar-refractivity contribution in [3.05, 3.63) is 0 Å². The smallest absolute Gasteiger partial charge is 0.287 e. The molecule has 20 heavy (non-hydrogen) atoms. The zero-order valence-electron chi connectivity index (χ0n) is 15.8. The largest absolute Gasteiger partial charge is 0.380 e. The highest BCUT2D eigenvalue weighted by Crippen LogP contribution is 2.28. The molecule has 0 atom stereocenters. The van der Waals surface area contributed by atoms with Gasteiger partial charge in [0.05, 0.1) is 0 Å². The van der Waals surface area contributed by atoms with Crippen LogP contribution in [0.5, 0.6) is 0 Å². The predicted octanol–water partition coefficient (Wildman–Crippen LogP) is 5.05. The second-order valence-corrected chi connectivity index (χ2v) is 29.7. The summed E-state index contributed by atoms with van der Waals surface area (Å²) in [5, 5.41) is 0. The van der Waals surface area contributed by atoms with Crippen molar-refractivity contribution < 1.29 is 4.79 Å². The number of rotatable bonds is 4. The third-order valence-electron chi connectivity index (χ3n) is 3.07. The number of amides is 2. The van der Waals surface area contributed by atoms with Gasteiger partial charge in [-0.25, -0.2) is 0 Å². The van der Waals surface area contributed by atoms with Crippen LogP contribution >= 0.6 is 0 Å². The van der Waals surface area contributed by atoms with Crippen LogP contribution in [0.25, 0.3) is 0 Å². The average Bonchev–Trinajstić information content (AvgIpc) is 1.88. The van der Waals surface area contributed by atoms with Crippen molar-refractivity contribution in [3.8, 4) is 0 Å². The van der Waals surface area contributed by atoms with Crippen LogP contribution in [0.4, 0.5) is 4.79 Å². The SMILES string of the molecule is C[Si](C)(C)N(C(=O)N([Si](C)(C)C)[Si](C)(C)C)[Si](C)(C)C. The van der Waals surface area contributed by atoms with Crippen molar-refractivity contribution in [3.63, 3.8) is 0 Å². The Morgan fingerprint density at radius 1 is 0.500 bits per heavy atom. The molecule has 0 aromatic heterocycles. The molecule has 0 aliphatic heterocycles. The molecule has 3 nitrogen and oxygen atoms in total. The summed E-state index contributed by atoms with van der Waals surface area (Å²) in [5.41, 5.74) is 0. The second-order valence-electron chi connectivity index (χ2n) is 9.64. The summed E-state index contributed by atoms with van der Waals surface area (Å²) in [5.74, 6) is 0. The molecule has 2 amide bonds. The van der Waals surface area contributed by atoms with Gasteiger partial charge in [-0.1, -0.05) is 78.6 Å². The molecule has 0 unspecified atom stereocenters. The molecule has 0 N–H and O–H groups in total. The van der Waals surface area contributed by atoms with Gasteiger partial charge in [0, 0.05) is 0 Å². The van der Waals surface area contributed by atoms with Crippen LogP contribution < -0.4 is 0 Å². The Labute approximate surface area is 131 Å². The average molecular weight is 349 g/mol. The van der Waals surface area contributed by atoms with Gasteiger partial charge in [0.15, 0.2) is 0 Å². The lowest BCUT2D eigenvalue weighted by atomic mass is 11.2. The lowest BCUT2D eigenvalue weighted by Crippen LogP contribution is -2.72. The highest BCUT2D eigenvalue weighted by Gasteiger charge is 2.46. The zero-order chi connectivity index (χ0) is 16.7. The van der Waals surface area contributed by atoms with Gasteiger partial charge in [0.2, 0.25) is 0 Å². The molecule has 0 heterocycles. The van der Waals surface area contributed by atoms with Crippen LogP contribution in [0.15, 0.2) is 0 Å². The Bertz CT molecular complexity index is 297. The summed E-state index contributed by atoms with van der Waals surface area (Å²) in [6, 6.07) is 0.349. The van der Waals surface area contributed by atoms with Crippen molar-refractivity contribution in [1.29, 1.82) is 0 Å². The van der Waals surface area contributed by atoms with Gasteiger partial charge >= 0.3 is 0 Å². The molecule has 0 aromatic carbocycles. The third kappa shape index (κ3) is 5.16. The van der Waals surface area contributed by atoms with Crippen LogP contribution in [0.3, 0.4) is 0 Å². The summed E-state index contributed by atoms with van der Waals surface area (Å²) in [6.07, 6.45) is 0. The van der Waals surface area contributed by atoms with E-state index in [-0.39, 0.29) is 0 Å². The van der Waals surface area contributed by atoms with E-state index in [4.69, 9.17) is 0 Å². The third-order valence-corrected chi connectivity index (χ3v) is 17.2. The summed E-state index contributed by atoms with van der Waals surface area (Å²) in [4.78, 5) is 13.4. The zero-order valence-corrected chi connectivity index (χ0v) is 19.8. The van der Waals surface area contributed by atoms with E-state index in [0.29, 0.717) is 6.03 Å². The molecule has 7 heteroatoms. The van der Waals surface area contributed by atoms with E-state index in [1.165, 1.54) is 0 Å². The van der Waals surface area contributed by atoms with Crippen LogP contribution in [0.2, 0.25) is 78.6 Å². The van der Waals surface area contributed by atoms with Crippen LogP contribution in [-0.2, 0) is 0 Å². The summed E-state index contributed by atoms with van der Waals surface area (Å²) in [7, 11) is -6.63. The summed E-state index contributed by atoms with van der Waals surface area (Å²) >= 11 is 0. The monoisotopic (exact) mass is 348 g/mol. The van der Waals surface area contributed by atoms with Crippen LogP contribution in [0, 0.1) is 0 Å². The molecule has 0 bridgehead atoms. The van der Waals surface area contributed by atoms with Gasteiger partial charge in [0.25, 0.3) is 6.03 Å². The molecular weight excluding hydrogens is 312 g/mol. The minimum Gasteiger partial charge on any atom is -0.380 e. The van der Waals surface area contributed by atoms with E-state index in [9.17, 15) is 4.79 Å². The first kappa shape index (κ1) is 20.1. The van der Waals surface area contributed by atoms with Gasteiger partial charge in [-0.15, -0.1) is 0 Å². The van der Waals surface area contributed by atoms with E-state index in [1.54, 1.807) is 0 Å². The lowest BCUT2D eigenvalue weighted by molar-refractivity contribution is 0.226. The Morgan fingerprint density at radius 3 is 0.750 bits per heavy atom. The van der Waals surface area contributed by atoms with E-state index in [1.807, 2.05) is 0 Å². The quantitative estimate of drug-likeness (QED) is 0.652. The molecule has 0 aromatic rings. The Balaban J connectivity index is 5.89. The van der Waals surface area contributed by atoms with Crippen molar-refractivity contribution >= 4 is 39.0 Å². The maximum atomic E-state index is 13.4. The highest BCUT2D eigenvalue weighted by molar-refractivity contribution is 6.96. The molecule has 120 valence electrons. The van der Waals surface area contributed by atoms with Gasteiger partial charge in [-0.2, -0.15) is 0 Å². The van der Waals surface area contributed by atoms with E-state index in [2.05, 4.69) is 87.0 Å². The lowest BCUT2D eigenvalue weighted by Gasteiger charge is -2.52. The van der Waals surface area contributed by atoms with Crippen LogP contribution in [0.1, 0.15) is 0 Å². The first-order chi connectivity index (χ1) is 8.40. The molecule has 0 aliphatic rings. The number of hydrogen-bond acceptors (Lipinski definition) is 1. The molecular formula is C13H36N2OSi4. The fourth-order valence-electron chi connectivity index (χ4n) is 3.26. The summed E-state index contributed by atoms with van der Waals surface area (Å²) < 4.78 is 4.69. The van der Waals surface area contributed by atoms with Gasteiger partial charge < -0.3 is 8.46 Å². The highest BCUT2D eigenvalue weighted by atomic mass is 28.4. The van der Waals surface area contributed by atoms with Gasteiger partial charge in [0.1, 0.15) is 32.9 Å². The first-order valence-electron chi connectivity index (χ1n) is 7.55. The normalized spacial score (nSPS) is 14.2. The van der Waals surface area contributed by atoms with E-state index >= 15 is 0 Å². The molecule has 0 rings (SSSR count). The van der Waals surface area contributed by atoms with Crippen LogP contribution in [-0.4, -0.2) is 47.4 Å². The maximum Gasteiger partial charge on any atom is 0.287 e. The standard InChI is InChI=1S/C13H36N2OSi4/c1-17(2,3)14(18(4,5)6)13(16)15(19(7,8)9)20(10,11)12/h1-12H3. The first-order valence-corrected chi connectivity index (χ1v) is 21.3. The van der Waals surface area contributed by atoms with Crippen molar-refractivity contribution in [1.82, 2.24) is 8.46 Å². The number of carbonyl (C=O) groups excluding carboxylic acids is 1. The molecule has 0 fully saturated rings.